The molecule has 18 heavy (non-hydrogen) atoms. The van der Waals surface area contributed by atoms with E-state index in [0.29, 0.717) is 10.5 Å². The van der Waals surface area contributed by atoms with Crippen LogP contribution in [0, 0.1) is 5.92 Å². The summed E-state index contributed by atoms with van der Waals surface area (Å²) in [5.74, 6) is 2.05. The Morgan fingerprint density at radius 2 is 1.83 bits per heavy atom. The molecule has 2 fully saturated rings. The zero-order valence-electron chi connectivity index (χ0n) is 11.8. The van der Waals surface area contributed by atoms with Gasteiger partial charge in [-0.2, -0.15) is 23.5 Å². The van der Waals surface area contributed by atoms with Gasteiger partial charge >= 0.3 is 0 Å². The monoisotopic (exact) mass is 288 g/mol. The van der Waals surface area contributed by atoms with Crippen molar-refractivity contribution in [2.45, 2.75) is 80.6 Å². The molecule has 4 atom stereocenters. The van der Waals surface area contributed by atoms with Crippen molar-refractivity contribution in [3.63, 3.8) is 0 Å². The Labute approximate surface area is 121 Å². The Morgan fingerprint density at radius 3 is 2.50 bits per heavy atom. The summed E-state index contributed by atoms with van der Waals surface area (Å²) in [5, 5.41) is 12.3. The first-order chi connectivity index (χ1) is 8.66. The molecule has 4 unspecified atom stereocenters. The minimum Gasteiger partial charge on any atom is -0.392 e. The van der Waals surface area contributed by atoms with Crippen LogP contribution in [0.25, 0.3) is 0 Å². The Balaban J connectivity index is 1.69. The normalized spacial score (nSPS) is 36.5. The van der Waals surface area contributed by atoms with E-state index in [1.54, 1.807) is 0 Å². The van der Waals surface area contributed by atoms with Gasteiger partial charge in [0.1, 0.15) is 0 Å². The molecule has 0 amide bonds. The molecular formula is C15H28OS2. The van der Waals surface area contributed by atoms with E-state index in [0.717, 1.165) is 23.3 Å². The highest BCUT2D eigenvalue weighted by atomic mass is 32.2. The van der Waals surface area contributed by atoms with Gasteiger partial charge in [0.2, 0.25) is 0 Å². The van der Waals surface area contributed by atoms with Gasteiger partial charge in [0.05, 0.1) is 6.10 Å². The molecular weight excluding hydrogens is 260 g/mol. The zero-order chi connectivity index (χ0) is 13.0. The van der Waals surface area contributed by atoms with Crippen molar-refractivity contribution < 1.29 is 5.11 Å². The Kier molecular flexibility index (Phi) is 6.23. The SMILES string of the molecule is CC1SCC(C(O)CCC2CCCCC2)SC1C. The van der Waals surface area contributed by atoms with Crippen molar-refractivity contribution >= 4 is 23.5 Å². The maximum atomic E-state index is 10.4. The predicted octanol–water partition coefficient (Wildman–Crippen LogP) is 4.33. The number of hydrogen-bond donors (Lipinski definition) is 1. The Hall–Kier alpha value is 0.660. The summed E-state index contributed by atoms with van der Waals surface area (Å²) in [7, 11) is 0. The summed E-state index contributed by atoms with van der Waals surface area (Å²) in [6.45, 7) is 4.62. The summed E-state index contributed by atoms with van der Waals surface area (Å²) < 4.78 is 0. The predicted molar refractivity (Wildman–Crippen MR) is 84.6 cm³/mol. The molecule has 1 heterocycles. The van der Waals surface area contributed by atoms with Crippen molar-refractivity contribution in [3.05, 3.63) is 0 Å². The molecule has 2 aliphatic rings. The zero-order valence-corrected chi connectivity index (χ0v) is 13.4. The van der Waals surface area contributed by atoms with Crippen LogP contribution < -0.4 is 0 Å². The van der Waals surface area contributed by atoms with Crippen LogP contribution in [0.5, 0.6) is 0 Å². The van der Waals surface area contributed by atoms with Crippen LogP contribution in [-0.4, -0.2) is 32.7 Å². The van der Waals surface area contributed by atoms with Gasteiger partial charge in [-0.05, 0) is 18.8 Å². The van der Waals surface area contributed by atoms with Crippen LogP contribution >= 0.6 is 23.5 Å². The lowest BCUT2D eigenvalue weighted by molar-refractivity contribution is 0.151. The number of hydrogen-bond acceptors (Lipinski definition) is 3. The first kappa shape index (κ1) is 15.1. The van der Waals surface area contributed by atoms with Crippen molar-refractivity contribution in [1.29, 1.82) is 0 Å². The number of aliphatic hydroxyl groups excluding tert-OH is 1. The standard InChI is InChI=1S/C15H28OS2/c1-11-12(2)18-15(10-17-11)14(16)9-8-13-6-4-3-5-7-13/h11-16H,3-10H2,1-2H3. The van der Waals surface area contributed by atoms with Gasteiger partial charge in [0.25, 0.3) is 0 Å². The van der Waals surface area contributed by atoms with Gasteiger partial charge in [0, 0.05) is 21.5 Å². The first-order valence-corrected chi connectivity index (χ1v) is 9.61. The highest BCUT2D eigenvalue weighted by Crippen LogP contribution is 2.38. The molecule has 1 aliphatic heterocycles. The van der Waals surface area contributed by atoms with Gasteiger partial charge in [-0.25, -0.2) is 0 Å². The van der Waals surface area contributed by atoms with Crippen LogP contribution in [0.1, 0.15) is 58.8 Å². The van der Waals surface area contributed by atoms with E-state index in [2.05, 4.69) is 13.8 Å². The Morgan fingerprint density at radius 1 is 1.11 bits per heavy atom. The first-order valence-electron chi connectivity index (χ1n) is 7.62. The van der Waals surface area contributed by atoms with Gasteiger partial charge in [-0.15, -0.1) is 0 Å². The highest BCUT2D eigenvalue weighted by Gasteiger charge is 2.30. The summed E-state index contributed by atoms with van der Waals surface area (Å²) >= 11 is 4.06. The van der Waals surface area contributed by atoms with Gasteiger partial charge < -0.3 is 5.11 Å². The molecule has 1 nitrogen and oxygen atoms in total. The summed E-state index contributed by atoms with van der Waals surface area (Å²) in [6.07, 6.45) is 9.31. The van der Waals surface area contributed by atoms with E-state index in [4.69, 9.17) is 0 Å². The highest BCUT2D eigenvalue weighted by molar-refractivity contribution is 8.07. The van der Waals surface area contributed by atoms with Crippen molar-refractivity contribution in [3.8, 4) is 0 Å². The molecule has 2 rings (SSSR count). The average molecular weight is 289 g/mol. The third kappa shape index (κ3) is 4.35. The second kappa shape index (κ2) is 7.44. The largest absolute Gasteiger partial charge is 0.392 e. The average Bonchev–Trinajstić information content (AvgIpc) is 2.40. The summed E-state index contributed by atoms with van der Waals surface area (Å²) in [6, 6.07) is 0. The number of rotatable bonds is 4. The van der Waals surface area contributed by atoms with Gasteiger partial charge in [-0.1, -0.05) is 46.0 Å². The number of thioether (sulfide) groups is 2. The lowest BCUT2D eigenvalue weighted by atomic mass is 9.85. The maximum Gasteiger partial charge on any atom is 0.0667 e. The second-order valence-corrected chi connectivity index (χ2v) is 9.10. The van der Waals surface area contributed by atoms with E-state index in [1.807, 2.05) is 23.5 Å². The molecule has 0 aromatic carbocycles. The van der Waals surface area contributed by atoms with Crippen LogP contribution in [0.15, 0.2) is 0 Å². The third-order valence-corrected chi connectivity index (χ3v) is 8.14. The van der Waals surface area contributed by atoms with Gasteiger partial charge in [0.15, 0.2) is 0 Å². The minimum absolute atomic E-state index is 0.0700. The fraction of sp³-hybridized carbons (Fsp3) is 1.00. The maximum absolute atomic E-state index is 10.4. The van der Waals surface area contributed by atoms with Crippen molar-refractivity contribution in [2.24, 2.45) is 5.92 Å². The molecule has 3 heteroatoms. The molecule has 0 bridgehead atoms. The Bertz CT molecular complexity index is 241. The lowest BCUT2D eigenvalue weighted by Crippen LogP contribution is -2.34. The van der Waals surface area contributed by atoms with Crippen LogP contribution in [0.3, 0.4) is 0 Å². The summed E-state index contributed by atoms with van der Waals surface area (Å²) in [5.41, 5.74) is 0. The molecule has 1 saturated carbocycles. The third-order valence-electron chi connectivity index (χ3n) is 4.60. The van der Waals surface area contributed by atoms with Crippen molar-refractivity contribution in [2.75, 3.05) is 5.75 Å². The molecule has 0 aromatic heterocycles. The van der Waals surface area contributed by atoms with E-state index in [1.165, 1.54) is 38.5 Å². The molecule has 1 N–H and O–H groups in total. The van der Waals surface area contributed by atoms with Crippen LogP contribution in [-0.2, 0) is 0 Å². The summed E-state index contributed by atoms with van der Waals surface area (Å²) in [4.78, 5) is 0. The fourth-order valence-corrected chi connectivity index (χ4v) is 6.13. The van der Waals surface area contributed by atoms with Gasteiger partial charge in [-0.3, -0.25) is 0 Å². The van der Waals surface area contributed by atoms with E-state index in [-0.39, 0.29) is 6.10 Å². The van der Waals surface area contributed by atoms with E-state index >= 15 is 0 Å². The quantitative estimate of drug-likeness (QED) is 0.831. The number of aliphatic hydroxyl groups is 1. The van der Waals surface area contributed by atoms with E-state index in [9.17, 15) is 5.11 Å². The second-order valence-electron chi connectivity index (χ2n) is 6.07. The van der Waals surface area contributed by atoms with Crippen molar-refractivity contribution in [1.82, 2.24) is 0 Å². The molecule has 1 aliphatic carbocycles. The van der Waals surface area contributed by atoms with Crippen LogP contribution in [0.2, 0.25) is 0 Å². The fourth-order valence-electron chi connectivity index (χ4n) is 3.08. The molecule has 0 radical (unpaired) electrons. The minimum atomic E-state index is -0.0700. The van der Waals surface area contributed by atoms with E-state index < -0.39 is 0 Å². The topological polar surface area (TPSA) is 20.2 Å². The van der Waals surface area contributed by atoms with Crippen LogP contribution in [0.4, 0.5) is 0 Å². The smallest absolute Gasteiger partial charge is 0.0667 e. The molecule has 1 saturated heterocycles. The molecule has 0 spiro atoms. The lowest BCUT2D eigenvalue weighted by Gasteiger charge is -2.34. The molecule has 106 valence electrons. The molecule has 0 aromatic rings.